The average Bonchev–Trinajstić information content (AvgIpc) is 2.14. The van der Waals surface area contributed by atoms with Crippen LogP contribution in [-0.4, -0.2) is 36.5 Å². The van der Waals surface area contributed by atoms with Crippen molar-refractivity contribution >= 4 is 5.97 Å². The number of carbonyl (C=O) groups excluding carboxylic acids is 1. The van der Waals surface area contributed by atoms with E-state index in [-0.39, 0.29) is 24.8 Å². The van der Waals surface area contributed by atoms with Gasteiger partial charge in [0.1, 0.15) is 6.10 Å². The fourth-order valence-electron chi connectivity index (χ4n) is 1.37. The molecule has 1 N–H and O–H groups in total. The summed E-state index contributed by atoms with van der Waals surface area (Å²) in [6.07, 6.45) is 1.43. The molecule has 0 bridgehead atoms. The molecule has 1 heterocycles. The van der Waals surface area contributed by atoms with E-state index in [0.717, 1.165) is 6.42 Å². The van der Waals surface area contributed by atoms with Gasteiger partial charge in [-0.2, -0.15) is 0 Å². The Hall–Kier alpha value is -0.610. The second-order valence-electron chi connectivity index (χ2n) is 3.23. The van der Waals surface area contributed by atoms with Gasteiger partial charge >= 0.3 is 5.97 Å². The molecule has 0 aromatic carbocycles. The fourth-order valence-corrected chi connectivity index (χ4v) is 1.37. The van der Waals surface area contributed by atoms with Gasteiger partial charge in [0, 0.05) is 13.0 Å². The van der Waals surface area contributed by atoms with Crippen LogP contribution in [0.1, 0.15) is 26.2 Å². The Balaban J connectivity index is 2.33. The summed E-state index contributed by atoms with van der Waals surface area (Å²) in [5.41, 5.74) is 0. The maximum atomic E-state index is 11.0. The zero-order valence-corrected chi connectivity index (χ0v) is 7.86. The first-order valence-corrected chi connectivity index (χ1v) is 4.68. The van der Waals surface area contributed by atoms with Crippen molar-refractivity contribution in [3.05, 3.63) is 0 Å². The van der Waals surface area contributed by atoms with E-state index in [1.807, 2.05) is 6.92 Å². The van der Waals surface area contributed by atoms with Gasteiger partial charge in [-0.15, -0.1) is 0 Å². The molecule has 0 aliphatic carbocycles. The number of esters is 1. The van der Waals surface area contributed by atoms with Gasteiger partial charge in [-0.25, -0.2) is 0 Å². The molecule has 0 saturated carbocycles. The highest BCUT2D eigenvalue weighted by Crippen LogP contribution is 2.17. The number of hydrogen-bond acceptors (Lipinski definition) is 4. The predicted octanol–water partition coefficient (Wildman–Crippen LogP) is 0.480. The summed E-state index contributed by atoms with van der Waals surface area (Å²) >= 11 is 0. The maximum absolute atomic E-state index is 11.0. The van der Waals surface area contributed by atoms with E-state index < -0.39 is 0 Å². The minimum Gasteiger partial charge on any atom is -0.460 e. The van der Waals surface area contributed by atoms with E-state index >= 15 is 0 Å². The molecule has 1 rings (SSSR count). The molecule has 4 heteroatoms. The van der Waals surface area contributed by atoms with Crippen LogP contribution in [0.3, 0.4) is 0 Å². The topological polar surface area (TPSA) is 55.8 Å². The minimum absolute atomic E-state index is 0.0710. The van der Waals surface area contributed by atoms with Crippen LogP contribution in [0, 0.1) is 0 Å². The first kappa shape index (κ1) is 10.5. The lowest BCUT2D eigenvalue weighted by Gasteiger charge is -2.27. The smallest absolute Gasteiger partial charge is 0.308 e. The van der Waals surface area contributed by atoms with Crippen LogP contribution in [0.25, 0.3) is 0 Å². The average molecular weight is 188 g/mol. The van der Waals surface area contributed by atoms with Crippen molar-refractivity contribution in [2.24, 2.45) is 0 Å². The first-order valence-electron chi connectivity index (χ1n) is 4.68. The highest BCUT2D eigenvalue weighted by Gasteiger charge is 2.28. The Kier molecular flexibility index (Phi) is 4.18. The van der Waals surface area contributed by atoms with Gasteiger partial charge in [-0.05, 0) is 6.42 Å². The Morgan fingerprint density at radius 1 is 1.69 bits per heavy atom. The molecule has 76 valence electrons. The van der Waals surface area contributed by atoms with Crippen LogP contribution in [0.2, 0.25) is 0 Å². The molecule has 1 aliphatic heterocycles. The van der Waals surface area contributed by atoms with E-state index in [4.69, 9.17) is 14.6 Å². The van der Waals surface area contributed by atoms with E-state index in [0.29, 0.717) is 19.4 Å². The number of carbonyl (C=O) groups is 1. The molecule has 0 aromatic heterocycles. The quantitative estimate of drug-likeness (QED) is 0.652. The molecule has 0 aromatic rings. The summed E-state index contributed by atoms with van der Waals surface area (Å²) in [6, 6.07) is 0. The standard InChI is InChI=1S/C9H16O4/c1-2-3-12-7-4-8(6-10)13-9(11)5-7/h7-8,10H,2-6H2,1H3/t7-,8+/m1/s1. The fraction of sp³-hybridized carbons (Fsp3) is 0.889. The number of aliphatic hydroxyl groups is 1. The molecular weight excluding hydrogens is 172 g/mol. The summed E-state index contributed by atoms with van der Waals surface area (Å²) in [4.78, 5) is 11.0. The van der Waals surface area contributed by atoms with Crippen molar-refractivity contribution in [2.75, 3.05) is 13.2 Å². The summed E-state index contributed by atoms with van der Waals surface area (Å²) in [7, 11) is 0. The molecular formula is C9H16O4. The lowest BCUT2D eigenvalue weighted by Crippen LogP contribution is -2.36. The van der Waals surface area contributed by atoms with Crippen LogP contribution in [0.5, 0.6) is 0 Å². The molecule has 0 unspecified atom stereocenters. The summed E-state index contributed by atoms with van der Waals surface area (Å²) in [5.74, 6) is -0.272. The second kappa shape index (κ2) is 5.19. The molecule has 1 saturated heterocycles. The molecule has 0 amide bonds. The molecule has 13 heavy (non-hydrogen) atoms. The maximum Gasteiger partial charge on any atom is 0.308 e. The van der Waals surface area contributed by atoms with E-state index in [1.165, 1.54) is 0 Å². The van der Waals surface area contributed by atoms with E-state index in [2.05, 4.69) is 0 Å². The zero-order chi connectivity index (χ0) is 9.68. The summed E-state index contributed by atoms with van der Waals surface area (Å²) < 4.78 is 10.3. The summed E-state index contributed by atoms with van der Waals surface area (Å²) in [5, 5.41) is 8.82. The largest absolute Gasteiger partial charge is 0.460 e. The number of aliphatic hydroxyl groups excluding tert-OH is 1. The van der Waals surface area contributed by atoms with Gasteiger partial charge < -0.3 is 14.6 Å². The van der Waals surface area contributed by atoms with Crippen molar-refractivity contribution in [1.29, 1.82) is 0 Å². The van der Waals surface area contributed by atoms with E-state index in [1.54, 1.807) is 0 Å². The van der Waals surface area contributed by atoms with E-state index in [9.17, 15) is 4.79 Å². The number of ether oxygens (including phenoxy) is 2. The van der Waals surface area contributed by atoms with Gasteiger partial charge in [0.2, 0.25) is 0 Å². The lowest BCUT2D eigenvalue weighted by atomic mass is 10.1. The summed E-state index contributed by atoms with van der Waals surface area (Å²) in [6.45, 7) is 2.57. The third-order valence-corrected chi connectivity index (χ3v) is 1.98. The van der Waals surface area contributed by atoms with Crippen molar-refractivity contribution in [3.63, 3.8) is 0 Å². The molecule has 1 fully saturated rings. The van der Waals surface area contributed by atoms with Gasteiger partial charge in [-0.1, -0.05) is 6.92 Å². The van der Waals surface area contributed by atoms with Crippen LogP contribution in [0.4, 0.5) is 0 Å². The third-order valence-electron chi connectivity index (χ3n) is 1.98. The normalized spacial score (nSPS) is 28.6. The van der Waals surface area contributed by atoms with Crippen molar-refractivity contribution in [2.45, 2.75) is 38.4 Å². The van der Waals surface area contributed by atoms with Gasteiger partial charge in [0.05, 0.1) is 19.1 Å². The Morgan fingerprint density at radius 2 is 2.46 bits per heavy atom. The van der Waals surface area contributed by atoms with Gasteiger partial charge in [0.15, 0.2) is 0 Å². The van der Waals surface area contributed by atoms with Crippen molar-refractivity contribution < 1.29 is 19.4 Å². The number of rotatable bonds is 4. The Bertz CT molecular complexity index is 169. The van der Waals surface area contributed by atoms with Crippen molar-refractivity contribution in [1.82, 2.24) is 0 Å². The van der Waals surface area contributed by atoms with Gasteiger partial charge in [0.25, 0.3) is 0 Å². The monoisotopic (exact) mass is 188 g/mol. The Morgan fingerprint density at radius 3 is 3.08 bits per heavy atom. The number of hydrogen-bond donors (Lipinski definition) is 1. The lowest BCUT2D eigenvalue weighted by molar-refractivity contribution is -0.165. The number of cyclic esters (lactones) is 1. The molecule has 2 atom stereocenters. The third kappa shape index (κ3) is 3.32. The predicted molar refractivity (Wildman–Crippen MR) is 46.2 cm³/mol. The minimum atomic E-state index is -0.372. The first-order chi connectivity index (χ1) is 6.26. The molecule has 0 radical (unpaired) electrons. The van der Waals surface area contributed by atoms with Crippen LogP contribution in [-0.2, 0) is 14.3 Å². The molecule has 4 nitrogen and oxygen atoms in total. The zero-order valence-electron chi connectivity index (χ0n) is 7.86. The SMILES string of the molecule is CCCO[C@H]1CC(=O)O[C@H](CO)C1. The van der Waals surface area contributed by atoms with Crippen molar-refractivity contribution in [3.8, 4) is 0 Å². The Labute approximate surface area is 77.8 Å². The second-order valence-corrected chi connectivity index (χ2v) is 3.23. The molecule has 1 aliphatic rings. The molecule has 0 spiro atoms. The van der Waals surface area contributed by atoms with Crippen LogP contribution < -0.4 is 0 Å². The highest BCUT2D eigenvalue weighted by atomic mass is 16.6. The van der Waals surface area contributed by atoms with Crippen LogP contribution in [0.15, 0.2) is 0 Å². The highest BCUT2D eigenvalue weighted by molar-refractivity contribution is 5.71. The van der Waals surface area contributed by atoms with Crippen LogP contribution >= 0.6 is 0 Å². The van der Waals surface area contributed by atoms with Gasteiger partial charge in [-0.3, -0.25) is 4.79 Å².